The number of esters is 2. The van der Waals surface area contributed by atoms with Crippen LogP contribution >= 0.6 is 7.82 Å². The molecule has 70 heavy (non-hydrogen) atoms. The van der Waals surface area contributed by atoms with E-state index in [1.807, 2.05) is 33.3 Å². The van der Waals surface area contributed by atoms with E-state index in [9.17, 15) is 19.0 Å². The van der Waals surface area contributed by atoms with Gasteiger partial charge in [-0.25, -0.2) is 4.57 Å². The highest BCUT2D eigenvalue weighted by Gasteiger charge is 2.27. The van der Waals surface area contributed by atoms with Gasteiger partial charge in [0.25, 0.3) is 0 Å². The molecule has 0 saturated carbocycles. The van der Waals surface area contributed by atoms with Crippen LogP contribution in [0.2, 0.25) is 0 Å². The molecule has 0 aromatic heterocycles. The Labute approximate surface area is 428 Å². The molecule has 9 nitrogen and oxygen atoms in total. The molecule has 0 aliphatic rings. The van der Waals surface area contributed by atoms with Crippen molar-refractivity contribution in [3.05, 3.63) is 134 Å². The average Bonchev–Trinajstić information content (AvgIpc) is 3.32. The van der Waals surface area contributed by atoms with Crippen molar-refractivity contribution in [2.45, 2.75) is 187 Å². The molecule has 1 N–H and O–H groups in total. The normalized spacial score (nSPS) is 14.4. The van der Waals surface area contributed by atoms with E-state index in [0.29, 0.717) is 17.4 Å². The number of phosphoric acid groups is 1. The minimum absolute atomic E-state index is 0.0101. The highest BCUT2D eigenvalue weighted by Crippen LogP contribution is 2.43. The van der Waals surface area contributed by atoms with Gasteiger partial charge in [0, 0.05) is 12.8 Å². The summed E-state index contributed by atoms with van der Waals surface area (Å²) < 4.78 is 34.4. The lowest BCUT2D eigenvalue weighted by Gasteiger charge is -2.24. The van der Waals surface area contributed by atoms with E-state index in [1.54, 1.807) is 0 Å². The standard InChI is InChI=1S/C60H98NO8P/c1-6-8-10-12-14-16-18-20-22-24-26-27-28-29-30-31-32-33-35-36-38-40-42-44-46-48-50-52-59(62)66-56-58(57-68-70(64,65)67-55-54-61(3,4)5)69-60(63)53-51-49-47-45-43-41-39-37-34-25-23-21-19-17-15-13-11-9-7-2/h8-11,14-17,20-23,26-27,29-30,34,37,41,43,47,49,58H,6-7,12-13,18-19,24-25,28,31-33,35-36,38-40,42,44-46,48,50-57H2,1-5H3/p+1/b10-8-,11-9-,16-14-,17-15-,22-20-,23-21-,27-26-,30-29-,37-34-,43-41-,49-47-. The fraction of sp³-hybridized carbons (Fsp3) is 0.600. The molecule has 0 aliphatic carbocycles. The van der Waals surface area contributed by atoms with Gasteiger partial charge < -0.3 is 18.9 Å². The Morgan fingerprint density at radius 2 is 0.800 bits per heavy atom. The third-order valence-electron chi connectivity index (χ3n) is 10.7. The van der Waals surface area contributed by atoms with Gasteiger partial charge in [0.05, 0.1) is 27.7 Å². The lowest BCUT2D eigenvalue weighted by molar-refractivity contribution is -0.870. The van der Waals surface area contributed by atoms with Crippen LogP contribution in [0.5, 0.6) is 0 Å². The van der Waals surface area contributed by atoms with Gasteiger partial charge in [-0.1, -0.05) is 205 Å². The highest BCUT2D eigenvalue weighted by molar-refractivity contribution is 7.47. The summed E-state index contributed by atoms with van der Waals surface area (Å²) in [5.41, 5.74) is 0. The second kappa shape index (κ2) is 50.1. The molecular weight excluding hydrogens is 894 g/mol. The molecule has 0 saturated heterocycles. The number of ether oxygens (including phenoxy) is 2. The summed E-state index contributed by atoms with van der Waals surface area (Å²) in [4.78, 5) is 35.6. The van der Waals surface area contributed by atoms with Gasteiger partial charge in [0.1, 0.15) is 19.8 Å². The number of likely N-dealkylation sites (N-methyl/N-ethyl adjacent to an activating group) is 1. The van der Waals surface area contributed by atoms with Gasteiger partial charge >= 0.3 is 19.8 Å². The minimum Gasteiger partial charge on any atom is -0.462 e. The van der Waals surface area contributed by atoms with Crippen LogP contribution in [0.15, 0.2) is 134 Å². The van der Waals surface area contributed by atoms with Crippen molar-refractivity contribution in [3.63, 3.8) is 0 Å². The average molecular weight is 993 g/mol. The molecule has 0 fully saturated rings. The SMILES string of the molecule is CC/C=C\C/C=C\C/C=C\C/C=C\C/C=C\C/C=C\CCC(=O)OC(COC(=O)CCCCCCCCCCCCC/C=C\C/C=C\C/C=C\C/C=C\C/C=C\CC)COP(=O)(O)OCC[N+](C)(C)C. The molecule has 0 aliphatic heterocycles. The Balaban J connectivity index is 4.31. The Morgan fingerprint density at radius 1 is 0.443 bits per heavy atom. The Hall–Kier alpha value is -3.85. The molecule has 0 rings (SSSR count). The number of carbonyl (C=O) groups excluding carboxylic acids is 2. The van der Waals surface area contributed by atoms with E-state index in [1.165, 1.54) is 44.9 Å². The van der Waals surface area contributed by atoms with E-state index in [4.69, 9.17) is 18.5 Å². The number of hydrogen-bond donors (Lipinski definition) is 1. The maximum absolute atomic E-state index is 12.7. The lowest BCUT2D eigenvalue weighted by atomic mass is 10.0. The van der Waals surface area contributed by atoms with Crippen molar-refractivity contribution in [1.82, 2.24) is 0 Å². The molecule has 2 atom stereocenters. The summed E-state index contributed by atoms with van der Waals surface area (Å²) in [5.74, 6) is -0.910. The second-order valence-electron chi connectivity index (χ2n) is 18.5. The first-order chi connectivity index (χ1) is 34.0. The zero-order valence-electron chi connectivity index (χ0n) is 44.7. The number of phosphoric ester groups is 1. The van der Waals surface area contributed by atoms with Crippen LogP contribution in [-0.2, 0) is 32.7 Å². The molecule has 0 spiro atoms. The van der Waals surface area contributed by atoms with Crippen LogP contribution in [0.4, 0.5) is 0 Å². The topological polar surface area (TPSA) is 108 Å². The summed E-state index contributed by atoms with van der Waals surface area (Å²) in [6.45, 7) is 4.09. The number of allylic oxidation sites excluding steroid dienone is 22. The van der Waals surface area contributed by atoms with E-state index >= 15 is 0 Å². The molecule has 0 amide bonds. The van der Waals surface area contributed by atoms with Crippen molar-refractivity contribution in [3.8, 4) is 0 Å². The maximum Gasteiger partial charge on any atom is 0.472 e. The first-order valence-electron chi connectivity index (χ1n) is 26.9. The third kappa shape index (κ3) is 53.5. The van der Waals surface area contributed by atoms with Crippen molar-refractivity contribution < 1.29 is 42.1 Å². The number of hydrogen-bond acceptors (Lipinski definition) is 7. The number of quaternary nitrogens is 1. The fourth-order valence-corrected chi connectivity index (χ4v) is 7.34. The molecular formula is C60H99NO8P+. The zero-order chi connectivity index (χ0) is 51.3. The van der Waals surface area contributed by atoms with Crippen LogP contribution in [0.1, 0.15) is 181 Å². The van der Waals surface area contributed by atoms with Crippen LogP contribution in [0, 0.1) is 0 Å². The summed E-state index contributed by atoms with van der Waals surface area (Å²) in [5, 5.41) is 0. The number of unbranched alkanes of at least 4 members (excludes halogenated alkanes) is 11. The Morgan fingerprint density at radius 3 is 1.20 bits per heavy atom. The Bertz CT molecular complexity index is 1640. The molecule has 0 aromatic rings. The summed E-state index contributed by atoms with van der Waals surface area (Å²) >= 11 is 0. The molecule has 2 unspecified atom stereocenters. The molecule has 10 heteroatoms. The van der Waals surface area contributed by atoms with Crippen molar-refractivity contribution in [2.24, 2.45) is 0 Å². The van der Waals surface area contributed by atoms with Gasteiger partial charge in [-0.3, -0.25) is 18.6 Å². The van der Waals surface area contributed by atoms with Crippen LogP contribution in [-0.4, -0.2) is 74.9 Å². The monoisotopic (exact) mass is 993 g/mol. The van der Waals surface area contributed by atoms with Gasteiger partial charge in [0.15, 0.2) is 6.10 Å². The van der Waals surface area contributed by atoms with Crippen molar-refractivity contribution >= 4 is 19.8 Å². The van der Waals surface area contributed by atoms with Crippen LogP contribution in [0.25, 0.3) is 0 Å². The predicted octanol–water partition coefficient (Wildman–Crippen LogP) is 16.6. The molecule has 396 valence electrons. The van der Waals surface area contributed by atoms with Crippen molar-refractivity contribution in [2.75, 3.05) is 47.5 Å². The molecule has 0 radical (unpaired) electrons. The van der Waals surface area contributed by atoms with Gasteiger partial charge in [-0.05, 0) is 96.3 Å². The third-order valence-corrected chi connectivity index (χ3v) is 11.7. The minimum atomic E-state index is -4.41. The quantitative estimate of drug-likeness (QED) is 0.0211. The number of carbonyl (C=O) groups is 2. The smallest absolute Gasteiger partial charge is 0.462 e. The summed E-state index contributed by atoms with van der Waals surface area (Å²) in [6.07, 6.45) is 72.4. The van der Waals surface area contributed by atoms with E-state index in [2.05, 4.69) is 135 Å². The van der Waals surface area contributed by atoms with Gasteiger partial charge in [-0.15, -0.1) is 0 Å². The van der Waals surface area contributed by atoms with E-state index in [-0.39, 0.29) is 26.1 Å². The van der Waals surface area contributed by atoms with E-state index in [0.717, 1.165) is 103 Å². The second-order valence-corrected chi connectivity index (χ2v) is 19.9. The van der Waals surface area contributed by atoms with Gasteiger partial charge in [0.2, 0.25) is 0 Å². The molecule has 0 heterocycles. The number of rotatable bonds is 47. The van der Waals surface area contributed by atoms with E-state index < -0.39 is 32.5 Å². The molecule has 0 aromatic carbocycles. The summed E-state index contributed by atoms with van der Waals surface area (Å²) in [6, 6.07) is 0. The number of nitrogens with zero attached hydrogens (tertiary/aromatic N) is 1. The van der Waals surface area contributed by atoms with Crippen LogP contribution < -0.4 is 0 Å². The first-order valence-corrected chi connectivity index (χ1v) is 28.4. The predicted molar refractivity (Wildman–Crippen MR) is 297 cm³/mol. The largest absolute Gasteiger partial charge is 0.472 e. The summed E-state index contributed by atoms with van der Waals surface area (Å²) in [7, 11) is 1.41. The van der Waals surface area contributed by atoms with Crippen LogP contribution in [0.3, 0.4) is 0 Å². The highest BCUT2D eigenvalue weighted by atomic mass is 31.2. The van der Waals surface area contributed by atoms with Crippen molar-refractivity contribution in [1.29, 1.82) is 0 Å². The van der Waals surface area contributed by atoms with Gasteiger partial charge in [-0.2, -0.15) is 0 Å². The fourth-order valence-electron chi connectivity index (χ4n) is 6.60. The first kappa shape index (κ1) is 66.2. The maximum atomic E-state index is 12.7. The lowest BCUT2D eigenvalue weighted by Crippen LogP contribution is -2.37. The molecule has 0 bridgehead atoms. The Kier molecular flexibility index (Phi) is 47.3. The zero-order valence-corrected chi connectivity index (χ0v) is 45.6.